The maximum Gasteiger partial charge on any atom is 0.210 e. The monoisotopic (exact) mass is 238 g/mol. The van der Waals surface area contributed by atoms with Crippen molar-refractivity contribution in [3.63, 3.8) is 0 Å². The molecule has 15 heavy (non-hydrogen) atoms. The van der Waals surface area contributed by atoms with Crippen molar-refractivity contribution in [1.82, 2.24) is 9.97 Å². The molecular formula is C10H10N2O2Ti. The fourth-order valence-corrected chi connectivity index (χ4v) is 0.707. The molecule has 0 aliphatic heterocycles. The van der Waals surface area contributed by atoms with Crippen LogP contribution in [0.1, 0.15) is 0 Å². The topological polar surface area (TPSA) is 66.2 Å². The van der Waals surface area contributed by atoms with E-state index in [2.05, 4.69) is 9.97 Å². The predicted octanol–water partition coefficient (Wildman–Crippen LogP) is 1.57. The van der Waals surface area contributed by atoms with Crippen molar-refractivity contribution in [2.24, 2.45) is 0 Å². The molecule has 0 bridgehead atoms. The van der Waals surface area contributed by atoms with Gasteiger partial charge >= 0.3 is 0 Å². The average Bonchev–Trinajstić information content (AvgIpc) is 2.21. The van der Waals surface area contributed by atoms with Gasteiger partial charge in [-0.25, -0.2) is 9.97 Å². The third kappa shape index (κ3) is 6.65. The molecule has 0 amide bonds. The van der Waals surface area contributed by atoms with Crippen molar-refractivity contribution >= 4 is 0 Å². The van der Waals surface area contributed by atoms with Crippen LogP contribution in [0, 0.1) is 0 Å². The number of aromatic hydroxyl groups is 2. The van der Waals surface area contributed by atoms with E-state index in [-0.39, 0.29) is 33.5 Å². The first-order valence-electron chi connectivity index (χ1n) is 3.99. The molecule has 2 N–H and O–H groups in total. The number of aromatic nitrogens is 2. The Labute approximate surface area is 103 Å². The Morgan fingerprint density at radius 3 is 1.27 bits per heavy atom. The summed E-state index contributed by atoms with van der Waals surface area (Å²) in [5.41, 5.74) is 0. The predicted molar refractivity (Wildman–Crippen MR) is 51.8 cm³/mol. The first-order valence-corrected chi connectivity index (χ1v) is 3.99. The third-order valence-corrected chi connectivity index (χ3v) is 1.30. The average molecular weight is 238 g/mol. The normalized spacial score (nSPS) is 8.00. The summed E-state index contributed by atoms with van der Waals surface area (Å²) in [6, 6.07) is 10.0. The molecule has 0 aromatic carbocycles. The summed E-state index contributed by atoms with van der Waals surface area (Å²) >= 11 is 0. The molecule has 0 fully saturated rings. The largest absolute Gasteiger partial charge is 0.493 e. The zero-order valence-electron chi connectivity index (χ0n) is 7.91. The minimum Gasteiger partial charge on any atom is -0.493 e. The summed E-state index contributed by atoms with van der Waals surface area (Å²) in [4.78, 5) is 7.07. The van der Waals surface area contributed by atoms with Crippen molar-refractivity contribution in [2.45, 2.75) is 0 Å². The van der Waals surface area contributed by atoms with E-state index in [1.54, 1.807) is 24.3 Å². The minimum absolute atomic E-state index is 0. The number of hydrogen-bond acceptors (Lipinski definition) is 4. The van der Waals surface area contributed by atoms with Crippen molar-refractivity contribution in [3.8, 4) is 11.8 Å². The number of pyridine rings is 2. The van der Waals surface area contributed by atoms with Crippen LogP contribution in [-0.4, -0.2) is 20.2 Å². The number of hydrogen-bond donors (Lipinski definition) is 2. The van der Waals surface area contributed by atoms with Crippen LogP contribution in [-0.2, 0) is 21.7 Å². The molecule has 2 aromatic rings. The van der Waals surface area contributed by atoms with E-state index in [0.717, 1.165) is 0 Å². The fourth-order valence-electron chi connectivity index (χ4n) is 0.707. The molecule has 0 atom stereocenters. The van der Waals surface area contributed by atoms with Gasteiger partial charge in [0.1, 0.15) is 0 Å². The fraction of sp³-hybridized carbons (Fsp3) is 0. The SMILES string of the molecule is Oc1ccccn1.Oc1ccccn1.[Ti]. The van der Waals surface area contributed by atoms with Crippen molar-refractivity contribution in [2.75, 3.05) is 0 Å². The van der Waals surface area contributed by atoms with E-state index in [1.165, 1.54) is 24.5 Å². The number of nitrogens with zero attached hydrogens (tertiary/aromatic N) is 2. The second kappa shape index (κ2) is 7.97. The zero-order chi connectivity index (χ0) is 10.2. The molecule has 0 spiro atoms. The number of rotatable bonds is 0. The van der Waals surface area contributed by atoms with Crippen molar-refractivity contribution < 1.29 is 31.9 Å². The second-order valence-corrected chi connectivity index (χ2v) is 2.38. The summed E-state index contributed by atoms with van der Waals surface area (Å²) in [6.45, 7) is 0. The van der Waals surface area contributed by atoms with Crippen LogP contribution in [0.4, 0.5) is 0 Å². The molecule has 0 saturated heterocycles. The van der Waals surface area contributed by atoms with Crippen LogP contribution >= 0.6 is 0 Å². The van der Waals surface area contributed by atoms with Gasteiger partial charge in [0.15, 0.2) is 0 Å². The van der Waals surface area contributed by atoms with Crippen LogP contribution < -0.4 is 0 Å². The van der Waals surface area contributed by atoms with Gasteiger partial charge in [-0.15, -0.1) is 0 Å². The molecule has 0 unspecified atom stereocenters. The van der Waals surface area contributed by atoms with Gasteiger partial charge in [-0.1, -0.05) is 12.1 Å². The van der Waals surface area contributed by atoms with Gasteiger partial charge in [-0.05, 0) is 12.1 Å². The van der Waals surface area contributed by atoms with E-state index in [0.29, 0.717) is 0 Å². The van der Waals surface area contributed by atoms with Gasteiger partial charge in [-0.3, -0.25) is 0 Å². The minimum atomic E-state index is 0. The Morgan fingerprint density at radius 2 is 1.13 bits per heavy atom. The molecule has 0 aliphatic rings. The Morgan fingerprint density at radius 1 is 0.733 bits per heavy atom. The molecule has 2 aromatic heterocycles. The van der Waals surface area contributed by atoms with Crippen molar-refractivity contribution in [1.29, 1.82) is 0 Å². The van der Waals surface area contributed by atoms with Crippen LogP contribution in [0.5, 0.6) is 11.8 Å². The van der Waals surface area contributed by atoms with Crippen LogP contribution in [0.25, 0.3) is 0 Å². The van der Waals surface area contributed by atoms with Crippen LogP contribution in [0.3, 0.4) is 0 Å². The van der Waals surface area contributed by atoms with E-state index in [4.69, 9.17) is 10.2 Å². The standard InChI is InChI=1S/2C5H5NO.Ti/c2*7-5-3-1-2-4-6-5;/h2*1-4H,(H,6,7);. The molecule has 2 rings (SSSR count). The van der Waals surface area contributed by atoms with Gasteiger partial charge < -0.3 is 10.2 Å². The molecule has 4 nitrogen and oxygen atoms in total. The third-order valence-electron chi connectivity index (χ3n) is 1.30. The van der Waals surface area contributed by atoms with E-state index in [1.807, 2.05) is 0 Å². The molecule has 2 heterocycles. The first-order chi connectivity index (χ1) is 6.79. The van der Waals surface area contributed by atoms with Gasteiger partial charge in [0, 0.05) is 46.2 Å². The Balaban J connectivity index is 0.000000245. The Hall–Kier alpha value is -1.39. The second-order valence-electron chi connectivity index (χ2n) is 2.38. The molecule has 0 saturated carbocycles. The van der Waals surface area contributed by atoms with Crippen molar-refractivity contribution in [3.05, 3.63) is 48.8 Å². The zero-order valence-corrected chi connectivity index (χ0v) is 9.47. The molecule has 0 aliphatic carbocycles. The van der Waals surface area contributed by atoms with Gasteiger partial charge in [0.25, 0.3) is 0 Å². The van der Waals surface area contributed by atoms with Crippen LogP contribution in [0.2, 0.25) is 0 Å². The maximum absolute atomic E-state index is 8.52. The van der Waals surface area contributed by atoms with Gasteiger partial charge in [0.2, 0.25) is 11.8 Å². The Bertz CT molecular complexity index is 319. The first kappa shape index (κ1) is 13.6. The summed E-state index contributed by atoms with van der Waals surface area (Å²) in [6.07, 6.45) is 3.07. The summed E-state index contributed by atoms with van der Waals surface area (Å²) < 4.78 is 0. The van der Waals surface area contributed by atoms with E-state index in [9.17, 15) is 0 Å². The van der Waals surface area contributed by atoms with Gasteiger partial charge in [-0.2, -0.15) is 0 Å². The smallest absolute Gasteiger partial charge is 0.210 e. The maximum atomic E-state index is 8.52. The summed E-state index contributed by atoms with van der Waals surface area (Å²) in [5, 5.41) is 17.0. The molecule has 5 heteroatoms. The molecular weight excluding hydrogens is 228 g/mol. The van der Waals surface area contributed by atoms with Crippen LogP contribution in [0.15, 0.2) is 48.8 Å². The Kier molecular flexibility index (Phi) is 7.23. The van der Waals surface area contributed by atoms with E-state index >= 15 is 0 Å². The quantitative estimate of drug-likeness (QED) is 0.683. The van der Waals surface area contributed by atoms with Gasteiger partial charge in [0.05, 0.1) is 0 Å². The molecule has 0 radical (unpaired) electrons. The molecule has 76 valence electrons. The summed E-state index contributed by atoms with van der Waals surface area (Å²) in [7, 11) is 0. The van der Waals surface area contributed by atoms with E-state index < -0.39 is 0 Å². The summed E-state index contributed by atoms with van der Waals surface area (Å²) in [5.74, 6) is 0.144.